The Bertz CT molecular complexity index is 207. The van der Waals surface area contributed by atoms with Crippen LogP contribution in [0.15, 0.2) is 0 Å². The van der Waals surface area contributed by atoms with Gasteiger partial charge in [-0.25, -0.2) is 0 Å². The van der Waals surface area contributed by atoms with Gasteiger partial charge < -0.3 is 10.0 Å². The molecule has 16 heavy (non-hydrogen) atoms. The summed E-state index contributed by atoms with van der Waals surface area (Å²) < 4.78 is 0. The van der Waals surface area contributed by atoms with Crippen LogP contribution in [0, 0.1) is 5.92 Å². The Hall–Kier alpha value is -0.0800. The minimum Gasteiger partial charge on any atom is -0.393 e. The second kappa shape index (κ2) is 6.02. The highest BCUT2D eigenvalue weighted by Crippen LogP contribution is 2.34. The lowest BCUT2D eigenvalue weighted by Crippen LogP contribution is -2.42. The van der Waals surface area contributed by atoms with Crippen molar-refractivity contribution in [1.29, 1.82) is 0 Å². The fourth-order valence-electron chi connectivity index (χ4n) is 3.56. The Morgan fingerprint density at radius 2 is 1.94 bits per heavy atom. The summed E-state index contributed by atoms with van der Waals surface area (Å²) in [5, 5.41) is 10.1. The molecule has 0 aromatic heterocycles. The van der Waals surface area contributed by atoms with Crippen molar-refractivity contribution in [1.82, 2.24) is 4.90 Å². The molecule has 2 fully saturated rings. The van der Waals surface area contributed by atoms with Crippen LogP contribution in [0.1, 0.15) is 58.3 Å². The molecule has 0 radical (unpaired) electrons. The molecule has 0 aromatic carbocycles. The third kappa shape index (κ3) is 2.78. The van der Waals surface area contributed by atoms with Crippen LogP contribution < -0.4 is 0 Å². The Kier molecular flexibility index (Phi) is 4.66. The lowest BCUT2D eigenvalue weighted by molar-refractivity contribution is 0.0219. The first kappa shape index (κ1) is 12.4. The van der Waals surface area contributed by atoms with Gasteiger partial charge in [0.1, 0.15) is 0 Å². The van der Waals surface area contributed by atoms with Crippen LogP contribution in [0.3, 0.4) is 0 Å². The van der Waals surface area contributed by atoms with Crippen molar-refractivity contribution in [3.8, 4) is 0 Å². The molecule has 0 bridgehead atoms. The predicted octanol–water partition coefficient (Wildman–Crippen LogP) is 2.80. The number of hydrogen-bond acceptors (Lipinski definition) is 2. The number of nitrogens with zero attached hydrogens (tertiary/aromatic N) is 1. The zero-order valence-electron chi connectivity index (χ0n) is 10.7. The van der Waals surface area contributed by atoms with Crippen molar-refractivity contribution in [2.75, 3.05) is 13.1 Å². The summed E-state index contributed by atoms with van der Waals surface area (Å²) in [4.78, 5) is 2.66. The molecule has 2 nitrogen and oxygen atoms in total. The van der Waals surface area contributed by atoms with Gasteiger partial charge in [-0.1, -0.05) is 26.2 Å². The smallest absolute Gasteiger partial charge is 0.0583 e. The van der Waals surface area contributed by atoms with Gasteiger partial charge in [0.25, 0.3) is 0 Å². The number of likely N-dealkylation sites (tertiary alicyclic amines) is 1. The van der Waals surface area contributed by atoms with Gasteiger partial charge in [-0.2, -0.15) is 0 Å². The molecule has 94 valence electrons. The maximum Gasteiger partial charge on any atom is 0.0583 e. The van der Waals surface area contributed by atoms with Gasteiger partial charge in [0.05, 0.1) is 6.10 Å². The van der Waals surface area contributed by atoms with Crippen molar-refractivity contribution < 1.29 is 5.11 Å². The number of hydrogen-bond donors (Lipinski definition) is 1. The van der Waals surface area contributed by atoms with E-state index in [0.717, 1.165) is 6.42 Å². The molecule has 3 atom stereocenters. The quantitative estimate of drug-likeness (QED) is 0.795. The van der Waals surface area contributed by atoms with Gasteiger partial charge in [-0.3, -0.25) is 0 Å². The Morgan fingerprint density at radius 3 is 2.69 bits per heavy atom. The molecule has 0 aromatic rings. The molecule has 1 saturated heterocycles. The van der Waals surface area contributed by atoms with E-state index >= 15 is 0 Å². The summed E-state index contributed by atoms with van der Waals surface area (Å²) in [5.41, 5.74) is 0. The zero-order chi connectivity index (χ0) is 11.4. The summed E-state index contributed by atoms with van der Waals surface area (Å²) in [5.74, 6) is 0.577. The van der Waals surface area contributed by atoms with Crippen LogP contribution in [-0.2, 0) is 0 Å². The molecule has 1 aliphatic carbocycles. The number of aliphatic hydroxyl groups is 1. The molecule has 1 heterocycles. The number of aliphatic hydroxyl groups excluding tert-OH is 1. The van der Waals surface area contributed by atoms with E-state index in [9.17, 15) is 5.11 Å². The van der Waals surface area contributed by atoms with Crippen molar-refractivity contribution in [3.05, 3.63) is 0 Å². The Balaban J connectivity index is 1.90. The Morgan fingerprint density at radius 1 is 1.12 bits per heavy atom. The molecule has 1 aliphatic heterocycles. The van der Waals surface area contributed by atoms with Gasteiger partial charge in [0, 0.05) is 12.0 Å². The highest BCUT2D eigenvalue weighted by molar-refractivity contribution is 4.90. The second-order valence-electron chi connectivity index (χ2n) is 5.61. The maximum atomic E-state index is 10.1. The summed E-state index contributed by atoms with van der Waals surface area (Å²) in [6, 6.07) is 0.696. The third-order valence-electron chi connectivity index (χ3n) is 4.49. The van der Waals surface area contributed by atoms with E-state index in [1.807, 2.05) is 0 Å². The molecular weight excluding hydrogens is 198 g/mol. The van der Waals surface area contributed by atoms with Crippen molar-refractivity contribution in [2.24, 2.45) is 5.92 Å². The standard InChI is InChI=1S/C14H27NO/c1-2-3-10-15-11-6-8-13(15)12-7-4-5-9-14(12)16/h12-14,16H,2-11H2,1H3. The first-order chi connectivity index (χ1) is 7.83. The topological polar surface area (TPSA) is 23.5 Å². The molecular formula is C14H27NO. The van der Waals surface area contributed by atoms with E-state index in [1.54, 1.807) is 0 Å². The molecule has 2 heteroatoms. The van der Waals surface area contributed by atoms with Crippen molar-refractivity contribution >= 4 is 0 Å². The number of rotatable bonds is 4. The van der Waals surface area contributed by atoms with Crippen molar-refractivity contribution in [3.63, 3.8) is 0 Å². The molecule has 3 unspecified atom stereocenters. The van der Waals surface area contributed by atoms with E-state index in [2.05, 4.69) is 11.8 Å². The van der Waals surface area contributed by atoms with Crippen LogP contribution in [0.25, 0.3) is 0 Å². The van der Waals surface area contributed by atoms with Crippen LogP contribution in [0.4, 0.5) is 0 Å². The normalized spacial score (nSPS) is 36.8. The zero-order valence-corrected chi connectivity index (χ0v) is 10.7. The summed E-state index contributed by atoms with van der Waals surface area (Å²) in [6.45, 7) is 4.79. The first-order valence-corrected chi connectivity index (χ1v) is 7.25. The fourth-order valence-corrected chi connectivity index (χ4v) is 3.56. The van der Waals surface area contributed by atoms with Gasteiger partial charge >= 0.3 is 0 Å². The van der Waals surface area contributed by atoms with Crippen molar-refractivity contribution in [2.45, 2.75) is 70.4 Å². The van der Waals surface area contributed by atoms with Crippen LogP contribution in [-0.4, -0.2) is 35.2 Å². The first-order valence-electron chi connectivity index (χ1n) is 7.25. The van der Waals surface area contributed by atoms with E-state index < -0.39 is 0 Å². The third-order valence-corrected chi connectivity index (χ3v) is 4.49. The van der Waals surface area contributed by atoms with E-state index in [4.69, 9.17) is 0 Å². The minimum absolute atomic E-state index is 0.0130. The van der Waals surface area contributed by atoms with Crippen LogP contribution in [0.5, 0.6) is 0 Å². The lowest BCUT2D eigenvalue weighted by Gasteiger charge is -2.37. The molecule has 1 saturated carbocycles. The minimum atomic E-state index is -0.0130. The molecule has 2 aliphatic rings. The van der Waals surface area contributed by atoms with Crippen LogP contribution >= 0.6 is 0 Å². The Labute approximate surface area is 100 Å². The fraction of sp³-hybridized carbons (Fsp3) is 1.00. The lowest BCUT2D eigenvalue weighted by atomic mass is 9.80. The summed E-state index contributed by atoms with van der Waals surface area (Å²) in [6.07, 6.45) is 10.1. The summed E-state index contributed by atoms with van der Waals surface area (Å²) in [7, 11) is 0. The van der Waals surface area contributed by atoms with Gasteiger partial charge in [-0.05, 0) is 45.2 Å². The largest absolute Gasteiger partial charge is 0.393 e. The van der Waals surface area contributed by atoms with Crippen LogP contribution in [0.2, 0.25) is 0 Å². The van der Waals surface area contributed by atoms with E-state index in [0.29, 0.717) is 12.0 Å². The monoisotopic (exact) mass is 225 g/mol. The predicted molar refractivity (Wildman–Crippen MR) is 67.5 cm³/mol. The molecule has 1 N–H and O–H groups in total. The van der Waals surface area contributed by atoms with Gasteiger partial charge in [0.2, 0.25) is 0 Å². The van der Waals surface area contributed by atoms with Gasteiger partial charge in [0.15, 0.2) is 0 Å². The van der Waals surface area contributed by atoms with E-state index in [1.165, 1.54) is 58.0 Å². The highest BCUT2D eigenvalue weighted by atomic mass is 16.3. The maximum absolute atomic E-state index is 10.1. The average Bonchev–Trinajstić information content (AvgIpc) is 2.75. The van der Waals surface area contributed by atoms with E-state index in [-0.39, 0.29) is 6.10 Å². The average molecular weight is 225 g/mol. The molecule has 0 amide bonds. The SMILES string of the molecule is CCCCN1CCCC1C1CCCCC1O. The molecule has 2 rings (SSSR count). The second-order valence-corrected chi connectivity index (χ2v) is 5.61. The van der Waals surface area contributed by atoms with Gasteiger partial charge in [-0.15, -0.1) is 0 Å². The highest BCUT2D eigenvalue weighted by Gasteiger charge is 2.36. The number of unbranched alkanes of at least 4 members (excludes halogenated alkanes) is 1. The molecule has 0 spiro atoms. The summed E-state index contributed by atoms with van der Waals surface area (Å²) >= 11 is 0.